The van der Waals surface area contributed by atoms with E-state index in [9.17, 15) is 4.79 Å². The highest BCUT2D eigenvalue weighted by Gasteiger charge is 2.26. The fourth-order valence-electron chi connectivity index (χ4n) is 2.22. The van der Waals surface area contributed by atoms with Crippen molar-refractivity contribution >= 4 is 23.3 Å². The first-order chi connectivity index (χ1) is 8.56. The van der Waals surface area contributed by atoms with Crippen LogP contribution in [-0.4, -0.2) is 28.5 Å². The minimum absolute atomic E-state index is 0.0572. The Kier molecular flexibility index (Phi) is 4.07. The van der Waals surface area contributed by atoms with Crippen LogP contribution in [0.2, 0.25) is 5.15 Å². The minimum Gasteiger partial charge on any atom is -0.322 e. The van der Waals surface area contributed by atoms with Crippen LogP contribution in [0, 0.1) is 5.92 Å². The molecule has 0 bridgehead atoms. The third kappa shape index (κ3) is 3.13. The molecular weight excluding hydrogens is 250 g/mol. The molecule has 2 heterocycles. The van der Waals surface area contributed by atoms with Crippen LogP contribution >= 0.6 is 11.6 Å². The Bertz CT molecular complexity index is 421. The smallest absolute Gasteiger partial charge is 0.322 e. The number of likely N-dealkylation sites (tertiary alicyclic amines) is 1. The van der Waals surface area contributed by atoms with Crippen LogP contribution in [0.4, 0.5) is 10.5 Å². The highest BCUT2D eigenvalue weighted by Crippen LogP contribution is 2.22. The molecule has 0 aromatic carbocycles. The van der Waals surface area contributed by atoms with Crippen molar-refractivity contribution in [3.8, 4) is 0 Å². The van der Waals surface area contributed by atoms with E-state index >= 15 is 0 Å². The Balaban J connectivity index is 2.00. The highest BCUT2D eigenvalue weighted by atomic mass is 35.5. The molecule has 2 amide bonds. The maximum atomic E-state index is 12.2. The summed E-state index contributed by atoms with van der Waals surface area (Å²) in [7, 11) is 0. The summed E-state index contributed by atoms with van der Waals surface area (Å²) in [5, 5.41) is 3.28. The molecule has 2 atom stereocenters. The molecule has 1 aliphatic rings. The second kappa shape index (κ2) is 5.57. The van der Waals surface area contributed by atoms with Gasteiger partial charge in [0.05, 0.1) is 11.9 Å². The lowest BCUT2D eigenvalue weighted by Crippen LogP contribution is -2.46. The fourth-order valence-corrected chi connectivity index (χ4v) is 2.33. The number of hydrogen-bond donors (Lipinski definition) is 1. The molecule has 2 rings (SSSR count). The van der Waals surface area contributed by atoms with Gasteiger partial charge in [0, 0.05) is 12.6 Å². The lowest BCUT2D eigenvalue weighted by atomic mass is 9.95. The molecule has 1 fully saturated rings. The standard InChI is InChI=1S/C13H18ClN3O/c1-9-3-4-10(2)17(8-9)13(18)16-11-5-6-12(14)15-7-11/h5-7,9-10H,3-4,8H2,1-2H3,(H,16,18). The van der Waals surface area contributed by atoms with Gasteiger partial charge in [0.1, 0.15) is 5.15 Å². The lowest BCUT2D eigenvalue weighted by Gasteiger charge is -2.36. The number of aromatic nitrogens is 1. The Morgan fingerprint density at radius 3 is 2.89 bits per heavy atom. The third-order valence-corrected chi connectivity index (χ3v) is 3.58. The minimum atomic E-state index is -0.0572. The van der Waals surface area contributed by atoms with Crippen LogP contribution in [0.1, 0.15) is 26.7 Å². The predicted molar refractivity (Wildman–Crippen MR) is 72.8 cm³/mol. The zero-order valence-electron chi connectivity index (χ0n) is 10.7. The molecule has 1 aromatic rings. The molecule has 0 aliphatic carbocycles. The van der Waals surface area contributed by atoms with Gasteiger partial charge in [-0.25, -0.2) is 9.78 Å². The summed E-state index contributed by atoms with van der Waals surface area (Å²) in [5.74, 6) is 0.565. The van der Waals surface area contributed by atoms with Crippen molar-refractivity contribution in [3.05, 3.63) is 23.5 Å². The second-order valence-corrected chi connectivity index (χ2v) is 5.37. The third-order valence-electron chi connectivity index (χ3n) is 3.36. The van der Waals surface area contributed by atoms with Gasteiger partial charge in [0.2, 0.25) is 0 Å². The number of hydrogen-bond acceptors (Lipinski definition) is 2. The Labute approximate surface area is 112 Å². The van der Waals surface area contributed by atoms with E-state index in [0.29, 0.717) is 22.8 Å². The van der Waals surface area contributed by atoms with Gasteiger partial charge in [0.25, 0.3) is 0 Å². The predicted octanol–water partition coefficient (Wildman–Crippen LogP) is 3.39. The molecule has 1 N–H and O–H groups in total. The number of amides is 2. The molecule has 0 saturated carbocycles. The number of carbonyl (C=O) groups excluding carboxylic acids is 1. The van der Waals surface area contributed by atoms with Crippen LogP contribution in [0.3, 0.4) is 0 Å². The number of nitrogens with one attached hydrogen (secondary N) is 1. The quantitative estimate of drug-likeness (QED) is 0.793. The number of urea groups is 1. The number of carbonyl (C=O) groups is 1. The van der Waals surface area contributed by atoms with Crippen LogP contribution in [-0.2, 0) is 0 Å². The number of anilines is 1. The number of rotatable bonds is 1. The molecular formula is C13H18ClN3O. The number of nitrogens with zero attached hydrogens (tertiary/aromatic N) is 2. The van der Waals surface area contributed by atoms with Crippen molar-refractivity contribution in [2.75, 3.05) is 11.9 Å². The zero-order chi connectivity index (χ0) is 13.1. The van der Waals surface area contributed by atoms with Crippen LogP contribution < -0.4 is 5.32 Å². The van der Waals surface area contributed by atoms with Gasteiger partial charge in [-0.1, -0.05) is 18.5 Å². The monoisotopic (exact) mass is 267 g/mol. The first kappa shape index (κ1) is 13.1. The SMILES string of the molecule is CC1CCC(C)N(C(=O)Nc2ccc(Cl)nc2)C1. The Morgan fingerprint density at radius 2 is 2.22 bits per heavy atom. The van der Waals surface area contributed by atoms with Crippen molar-refractivity contribution in [2.24, 2.45) is 5.92 Å². The van der Waals surface area contributed by atoms with Crippen LogP contribution in [0.5, 0.6) is 0 Å². The van der Waals surface area contributed by atoms with Crippen molar-refractivity contribution in [1.29, 1.82) is 0 Å². The normalized spacial score (nSPS) is 23.8. The van der Waals surface area contributed by atoms with Gasteiger partial charge in [-0.15, -0.1) is 0 Å². The fraction of sp³-hybridized carbons (Fsp3) is 0.538. The molecule has 2 unspecified atom stereocenters. The summed E-state index contributed by atoms with van der Waals surface area (Å²) in [6, 6.07) is 3.66. The van der Waals surface area contributed by atoms with Crippen molar-refractivity contribution in [2.45, 2.75) is 32.7 Å². The first-order valence-electron chi connectivity index (χ1n) is 6.25. The summed E-state index contributed by atoms with van der Waals surface area (Å²) in [5.41, 5.74) is 0.676. The molecule has 1 aromatic heterocycles. The van der Waals surface area contributed by atoms with Gasteiger partial charge >= 0.3 is 6.03 Å². The average molecular weight is 268 g/mol. The van der Waals surface area contributed by atoms with E-state index in [-0.39, 0.29) is 6.03 Å². The molecule has 5 heteroatoms. The van der Waals surface area contributed by atoms with Gasteiger partial charge in [-0.3, -0.25) is 0 Å². The van der Waals surface area contributed by atoms with Crippen molar-refractivity contribution < 1.29 is 4.79 Å². The first-order valence-corrected chi connectivity index (χ1v) is 6.63. The van der Waals surface area contributed by atoms with E-state index in [1.54, 1.807) is 18.3 Å². The maximum absolute atomic E-state index is 12.2. The van der Waals surface area contributed by atoms with E-state index in [2.05, 4.69) is 24.1 Å². The topological polar surface area (TPSA) is 45.2 Å². The molecule has 4 nitrogen and oxygen atoms in total. The van der Waals surface area contributed by atoms with Gasteiger partial charge in [0.15, 0.2) is 0 Å². The van der Waals surface area contributed by atoms with E-state index in [1.807, 2.05) is 4.90 Å². The molecule has 98 valence electrons. The maximum Gasteiger partial charge on any atom is 0.322 e. The Morgan fingerprint density at radius 1 is 1.44 bits per heavy atom. The van der Waals surface area contributed by atoms with Crippen molar-refractivity contribution in [3.63, 3.8) is 0 Å². The van der Waals surface area contributed by atoms with E-state index < -0.39 is 0 Å². The van der Waals surface area contributed by atoms with Gasteiger partial charge in [-0.2, -0.15) is 0 Å². The van der Waals surface area contributed by atoms with E-state index in [1.165, 1.54) is 6.42 Å². The second-order valence-electron chi connectivity index (χ2n) is 4.98. The van der Waals surface area contributed by atoms with Crippen molar-refractivity contribution in [1.82, 2.24) is 9.88 Å². The highest BCUT2D eigenvalue weighted by molar-refractivity contribution is 6.29. The van der Waals surface area contributed by atoms with Gasteiger partial charge < -0.3 is 10.2 Å². The molecule has 0 radical (unpaired) electrons. The molecule has 0 spiro atoms. The molecule has 18 heavy (non-hydrogen) atoms. The van der Waals surface area contributed by atoms with E-state index in [0.717, 1.165) is 13.0 Å². The molecule has 1 aliphatic heterocycles. The molecule has 1 saturated heterocycles. The summed E-state index contributed by atoms with van der Waals surface area (Å²) in [4.78, 5) is 18.0. The number of piperidine rings is 1. The summed E-state index contributed by atoms with van der Waals surface area (Å²) in [6.07, 6.45) is 3.82. The van der Waals surface area contributed by atoms with E-state index in [4.69, 9.17) is 11.6 Å². The number of pyridine rings is 1. The number of halogens is 1. The zero-order valence-corrected chi connectivity index (χ0v) is 11.4. The average Bonchev–Trinajstić information content (AvgIpc) is 2.35. The lowest BCUT2D eigenvalue weighted by molar-refractivity contribution is 0.147. The summed E-state index contributed by atoms with van der Waals surface area (Å²) >= 11 is 5.70. The largest absolute Gasteiger partial charge is 0.322 e. The van der Waals surface area contributed by atoms with Crippen LogP contribution in [0.15, 0.2) is 18.3 Å². The Hall–Kier alpha value is -1.29. The van der Waals surface area contributed by atoms with Crippen LogP contribution in [0.25, 0.3) is 0 Å². The summed E-state index contributed by atoms with van der Waals surface area (Å²) in [6.45, 7) is 5.08. The van der Waals surface area contributed by atoms with Gasteiger partial charge in [-0.05, 0) is 37.8 Å². The summed E-state index contributed by atoms with van der Waals surface area (Å²) < 4.78 is 0.